The zero-order valence-corrected chi connectivity index (χ0v) is 13.3. The molecule has 2 aromatic rings. The van der Waals surface area contributed by atoms with Gasteiger partial charge >= 0.3 is 0 Å². The summed E-state index contributed by atoms with van der Waals surface area (Å²) in [6.07, 6.45) is 0. The smallest absolute Gasteiger partial charge is 0.0911 e. The lowest BCUT2D eigenvalue weighted by molar-refractivity contribution is 1.65. The predicted octanol–water partition coefficient (Wildman–Crippen LogP) is -0.211. The van der Waals surface area contributed by atoms with Crippen LogP contribution in [0.5, 0.6) is 0 Å². The fraction of sp³-hybridized carbons (Fsp3) is 0. The standard InChI is InChI=1S/C14H10Si2/c15-9-7-11-5-6-12(8-10-16)14-4-2-1-3-13(11)14/h1,3-5H,15-16H3. The Hall–Kier alpha value is -1.75. The molecule has 2 radical (unpaired) electrons. The van der Waals surface area contributed by atoms with Crippen LogP contribution in [-0.2, 0) is 0 Å². The first-order valence-corrected chi connectivity index (χ1v) is 7.07. The molecule has 0 aliphatic carbocycles. The van der Waals surface area contributed by atoms with Gasteiger partial charge in [0, 0.05) is 17.2 Å². The molecule has 0 aliphatic rings. The minimum absolute atomic E-state index is 0.886. The van der Waals surface area contributed by atoms with Crippen LogP contribution in [0.15, 0.2) is 24.3 Å². The van der Waals surface area contributed by atoms with Gasteiger partial charge in [-0.2, -0.15) is 0 Å². The van der Waals surface area contributed by atoms with Crippen LogP contribution in [0.25, 0.3) is 10.8 Å². The van der Waals surface area contributed by atoms with Crippen molar-refractivity contribution in [2.75, 3.05) is 0 Å². The molecule has 0 nitrogen and oxygen atoms in total. The number of benzene rings is 2. The first-order chi connectivity index (χ1) is 7.86. The van der Waals surface area contributed by atoms with E-state index in [4.69, 9.17) is 0 Å². The summed E-state index contributed by atoms with van der Waals surface area (Å²) in [4.78, 5) is 0. The SMILES string of the molecule is [SiH3]C#Cc1[c]cc(C#C[SiH3])c2cc[c]cc12. The Balaban J connectivity index is 2.83. The predicted molar refractivity (Wildman–Crippen MR) is 75.3 cm³/mol. The summed E-state index contributed by atoms with van der Waals surface area (Å²) < 4.78 is 0. The van der Waals surface area contributed by atoms with Crippen LogP contribution in [0.2, 0.25) is 0 Å². The van der Waals surface area contributed by atoms with Gasteiger partial charge in [0.2, 0.25) is 0 Å². The van der Waals surface area contributed by atoms with Crippen molar-refractivity contribution >= 4 is 31.3 Å². The van der Waals surface area contributed by atoms with Gasteiger partial charge in [0.1, 0.15) is 0 Å². The van der Waals surface area contributed by atoms with Crippen molar-refractivity contribution < 1.29 is 0 Å². The van der Waals surface area contributed by atoms with Gasteiger partial charge in [0.05, 0.1) is 20.5 Å². The van der Waals surface area contributed by atoms with Gasteiger partial charge < -0.3 is 0 Å². The van der Waals surface area contributed by atoms with Gasteiger partial charge in [-0.3, -0.25) is 0 Å². The molecule has 0 N–H and O–H groups in total. The second-order valence-electron chi connectivity index (χ2n) is 3.30. The highest BCUT2D eigenvalue weighted by atomic mass is 28.1. The molecule has 0 bridgehead atoms. The van der Waals surface area contributed by atoms with E-state index >= 15 is 0 Å². The maximum Gasteiger partial charge on any atom is 0.0911 e. The zero-order valence-electron chi connectivity index (χ0n) is 9.31. The Bertz CT molecular complexity index is 590. The minimum Gasteiger partial charge on any atom is -0.138 e. The Morgan fingerprint density at radius 1 is 1.00 bits per heavy atom. The van der Waals surface area contributed by atoms with Crippen molar-refractivity contribution in [3.8, 4) is 22.9 Å². The maximum atomic E-state index is 3.21. The molecular formula is C14H10Si2. The van der Waals surface area contributed by atoms with E-state index in [0.29, 0.717) is 0 Å². The van der Waals surface area contributed by atoms with Crippen LogP contribution >= 0.6 is 0 Å². The molecule has 0 fully saturated rings. The van der Waals surface area contributed by atoms with E-state index in [1.165, 1.54) is 0 Å². The summed E-state index contributed by atoms with van der Waals surface area (Å²) in [5.74, 6) is 6.26. The van der Waals surface area contributed by atoms with Gasteiger partial charge in [-0.05, 0) is 29.0 Å². The number of fused-ring (bicyclic) bond motifs is 1. The van der Waals surface area contributed by atoms with Crippen molar-refractivity contribution in [1.82, 2.24) is 0 Å². The van der Waals surface area contributed by atoms with Crippen LogP contribution in [0, 0.1) is 35.1 Å². The van der Waals surface area contributed by atoms with Crippen molar-refractivity contribution in [1.29, 1.82) is 0 Å². The molecule has 2 aromatic carbocycles. The maximum absolute atomic E-state index is 3.21. The second kappa shape index (κ2) is 4.85. The monoisotopic (exact) mass is 234 g/mol. The molecule has 0 saturated carbocycles. The number of hydrogen-bond donors (Lipinski definition) is 0. The highest BCUT2D eigenvalue weighted by molar-refractivity contribution is 6.23. The summed E-state index contributed by atoms with van der Waals surface area (Å²) in [7, 11) is 1.78. The van der Waals surface area contributed by atoms with Crippen LogP contribution < -0.4 is 0 Å². The van der Waals surface area contributed by atoms with Crippen LogP contribution in [0.1, 0.15) is 11.1 Å². The molecule has 16 heavy (non-hydrogen) atoms. The van der Waals surface area contributed by atoms with Gasteiger partial charge in [-0.1, -0.05) is 24.0 Å². The van der Waals surface area contributed by atoms with Gasteiger partial charge in [0.25, 0.3) is 0 Å². The minimum atomic E-state index is 0.886. The first-order valence-electron chi connectivity index (χ1n) is 5.07. The Morgan fingerprint density at radius 3 is 2.56 bits per heavy atom. The topological polar surface area (TPSA) is 0 Å². The summed E-state index contributed by atoms with van der Waals surface area (Å²) in [6, 6.07) is 14.2. The van der Waals surface area contributed by atoms with Crippen LogP contribution in [-0.4, -0.2) is 20.5 Å². The lowest BCUT2D eigenvalue weighted by atomic mass is 10.0. The summed E-state index contributed by atoms with van der Waals surface area (Å²) in [5.41, 5.74) is 8.10. The van der Waals surface area contributed by atoms with E-state index in [-0.39, 0.29) is 0 Å². The van der Waals surface area contributed by atoms with Gasteiger partial charge in [-0.15, -0.1) is 11.1 Å². The first kappa shape index (κ1) is 10.8. The van der Waals surface area contributed by atoms with Crippen molar-refractivity contribution in [3.05, 3.63) is 47.5 Å². The molecule has 2 heteroatoms. The van der Waals surface area contributed by atoms with Crippen LogP contribution in [0.4, 0.5) is 0 Å². The van der Waals surface area contributed by atoms with Crippen molar-refractivity contribution in [2.24, 2.45) is 0 Å². The highest BCUT2D eigenvalue weighted by Gasteiger charge is 2.02. The number of rotatable bonds is 0. The molecule has 0 saturated heterocycles. The fourth-order valence-electron chi connectivity index (χ4n) is 1.64. The molecule has 0 atom stereocenters. The Morgan fingerprint density at radius 2 is 1.81 bits per heavy atom. The van der Waals surface area contributed by atoms with E-state index in [9.17, 15) is 0 Å². The molecule has 0 spiro atoms. The van der Waals surface area contributed by atoms with E-state index in [1.807, 2.05) is 24.3 Å². The average molecular weight is 234 g/mol. The molecular weight excluding hydrogens is 224 g/mol. The summed E-state index contributed by atoms with van der Waals surface area (Å²) >= 11 is 0. The van der Waals surface area contributed by atoms with E-state index < -0.39 is 0 Å². The second-order valence-corrected chi connectivity index (χ2v) is 4.30. The van der Waals surface area contributed by atoms with Gasteiger partial charge in [0.15, 0.2) is 0 Å². The lowest BCUT2D eigenvalue weighted by Crippen LogP contribution is -1.85. The molecule has 0 amide bonds. The van der Waals surface area contributed by atoms with E-state index in [0.717, 1.165) is 42.4 Å². The molecule has 0 heterocycles. The average Bonchev–Trinajstić information content (AvgIpc) is 2.33. The van der Waals surface area contributed by atoms with Crippen molar-refractivity contribution in [3.63, 3.8) is 0 Å². The van der Waals surface area contributed by atoms with Gasteiger partial charge in [-0.25, -0.2) is 0 Å². The molecule has 0 aromatic heterocycles. The lowest BCUT2D eigenvalue weighted by Gasteiger charge is -2.02. The molecule has 74 valence electrons. The summed E-state index contributed by atoms with van der Waals surface area (Å²) in [5, 5.41) is 2.26. The third-order valence-corrected chi connectivity index (χ3v) is 2.79. The largest absolute Gasteiger partial charge is 0.138 e. The van der Waals surface area contributed by atoms with Crippen molar-refractivity contribution in [2.45, 2.75) is 0 Å². The Kier molecular flexibility index (Phi) is 3.26. The third-order valence-electron chi connectivity index (χ3n) is 2.29. The van der Waals surface area contributed by atoms with E-state index in [1.54, 1.807) is 0 Å². The molecule has 0 unspecified atom stereocenters. The third kappa shape index (κ3) is 1.94. The summed E-state index contributed by atoms with van der Waals surface area (Å²) in [6.45, 7) is 0. The number of hydrogen-bond acceptors (Lipinski definition) is 0. The fourth-order valence-corrected chi connectivity index (χ4v) is 2.16. The zero-order chi connectivity index (χ0) is 11.4. The highest BCUT2D eigenvalue weighted by Crippen LogP contribution is 2.21. The van der Waals surface area contributed by atoms with E-state index in [2.05, 4.69) is 35.1 Å². The molecule has 2 rings (SSSR count). The quantitative estimate of drug-likeness (QED) is 0.437. The Labute approximate surface area is 102 Å². The normalized spacial score (nSPS) is 9.25. The molecule has 0 aliphatic heterocycles. The van der Waals surface area contributed by atoms with Crippen LogP contribution in [0.3, 0.4) is 0 Å².